The minimum Gasteiger partial charge on any atom is -0.295 e. The van der Waals surface area contributed by atoms with Crippen LogP contribution in [0.4, 0.5) is 0 Å². The van der Waals surface area contributed by atoms with Gasteiger partial charge in [-0.2, -0.15) is 5.26 Å². The summed E-state index contributed by atoms with van der Waals surface area (Å²) in [5.74, 6) is -0.0877. The molecular formula is C13H10ClNO. The summed E-state index contributed by atoms with van der Waals surface area (Å²) in [6.45, 7) is 0. The number of hydrogen-bond acceptors (Lipinski definition) is 2. The molecule has 16 heavy (non-hydrogen) atoms. The van der Waals surface area contributed by atoms with Crippen LogP contribution in [0.5, 0.6) is 0 Å². The lowest BCUT2D eigenvalue weighted by Crippen LogP contribution is -2.11. The van der Waals surface area contributed by atoms with Crippen LogP contribution in [0.2, 0.25) is 5.02 Å². The maximum absolute atomic E-state index is 11.4. The third-order valence-corrected chi connectivity index (χ3v) is 2.96. The smallest absolute Gasteiger partial charge is 0.156 e. The summed E-state index contributed by atoms with van der Waals surface area (Å²) < 4.78 is 0. The topological polar surface area (TPSA) is 40.9 Å². The van der Waals surface area contributed by atoms with E-state index in [9.17, 15) is 4.79 Å². The van der Waals surface area contributed by atoms with Gasteiger partial charge in [-0.3, -0.25) is 4.79 Å². The van der Waals surface area contributed by atoms with Crippen molar-refractivity contribution in [2.24, 2.45) is 5.92 Å². The van der Waals surface area contributed by atoms with E-state index in [1.807, 2.05) is 12.1 Å². The number of carbonyl (C=O) groups is 1. The van der Waals surface area contributed by atoms with E-state index in [0.717, 1.165) is 11.1 Å². The summed E-state index contributed by atoms with van der Waals surface area (Å²) in [6.07, 6.45) is 2.67. The monoisotopic (exact) mass is 231 g/mol. The predicted octanol–water partition coefficient (Wildman–Crippen LogP) is 3.23. The highest BCUT2D eigenvalue weighted by atomic mass is 35.5. The number of halogens is 1. The summed E-state index contributed by atoms with van der Waals surface area (Å²) in [5.41, 5.74) is 1.72. The highest BCUT2D eigenvalue weighted by Crippen LogP contribution is 2.31. The fourth-order valence-electron chi connectivity index (χ4n) is 1.85. The zero-order chi connectivity index (χ0) is 11.5. The Hall–Kier alpha value is -1.59. The Kier molecular flexibility index (Phi) is 3.07. The number of benzene rings is 1. The Morgan fingerprint density at radius 2 is 2.00 bits per heavy atom. The lowest BCUT2D eigenvalue weighted by Gasteiger charge is -2.17. The zero-order valence-electron chi connectivity index (χ0n) is 8.61. The van der Waals surface area contributed by atoms with Crippen LogP contribution in [-0.2, 0) is 4.79 Å². The minimum atomic E-state index is -0.182. The van der Waals surface area contributed by atoms with E-state index < -0.39 is 0 Å². The fourth-order valence-corrected chi connectivity index (χ4v) is 1.98. The molecule has 2 rings (SSSR count). The van der Waals surface area contributed by atoms with Gasteiger partial charge in [0.05, 0.1) is 12.0 Å². The Labute approximate surface area is 99.1 Å². The third-order valence-electron chi connectivity index (χ3n) is 2.70. The number of hydrogen-bond donors (Lipinski definition) is 0. The van der Waals surface area contributed by atoms with Gasteiger partial charge in [0.2, 0.25) is 0 Å². The SMILES string of the molecule is N#CC1CCC(=O)C=C1c1ccc(Cl)cc1. The Bertz CT molecular complexity index is 482. The highest BCUT2D eigenvalue weighted by molar-refractivity contribution is 6.30. The van der Waals surface area contributed by atoms with E-state index in [0.29, 0.717) is 17.9 Å². The molecule has 3 heteroatoms. The summed E-state index contributed by atoms with van der Waals surface area (Å²) in [5, 5.41) is 9.69. The zero-order valence-corrected chi connectivity index (χ0v) is 9.37. The van der Waals surface area contributed by atoms with Gasteiger partial charge in [-0.25, -0.2) is 0 Å². The molecule has 0 amide bonds. The molecule has 0 heterocycles. The quantitative estimate of drug-likeness (QED) is 0.745. The second kappa shape index (κ2) is 4.51. The molecule has 1 aromatic rings. The Balaban J connectivity index is 2.41. The lowest BCUT2D eigenvalue weighted by atomic mass is 9.84. The summed E-state index contributed by atoms with van der Waals surface area (Å²) in [4.78, 5) is 11.4. The Morgan fingerprint density at radius 1 is 1.31 bits per heavy atom. The van der Waals surface area contributed by atoms with Crippen molar-refractivity contribution >= 4 is 23.0 Å². The second-order valence-electron chi connectivity index (χ2n) is 3.79. The average Bonchev–Trinajstić information content (AvgIpc) is 2.30. The van der Waals surface area contributed by atoms with Gasteiger partial charge in [-0.15, -0.1) is 0 Å². The molecule has 0 aromatic heterocycles. The molecule has 0 saturated carbocycles. The van der Waals surface area contributed by atoms with Gasteiger partial charge in [-0.05, 0) is 35.8 Å². The molecule has 0 aliphatic heterocycles. The van der Waals surface area contributed by atoms with Crippen molar-refractivity contribution in [1.29, 1.82) is 5.26 Å². The number of ketones is 1. The van der Waals surface area contributed by atoms with Crippen molar-refractivity contribution in [3.8, 4) is 6.07 Å². The molecule has 2 nitrogen and oxygen atoms in total. The molecule has 0 N–H and O–H groups in total. The first-order chi connectivity index (χ1) is 7.70. The second-order valence-corrected chi connectivity index (χ2v) is 4.23. The van der Waals surface area contributed by atoms with E-state index in [4.69, 9.17) is 16.9 Å². The summed E-state index contributed by atoms with van der Waals surface area (Å²) in [6, 6.07) is 9.46. The van der Waals surface area contributed by atoms with Crippen molar-refractivity contribution in [2.75, 3.05) is 0 Å². The highest BCUT2D eigenvalue weighted by Gasteiger charge is 2.22. The standard InChI is InChI=1S/C13H10ClNO/c14-11-4-1-9(2-5-11)13-7-12(16)6-3-10(13)8-15/h1-2,4-5,7,10H,3,6H2. The van der Waals surface area contributed by atoms with Crippen molar-refractivity contribution in [3.05, 3.63) is 40.9 Å². The van der Waals surface area contributed by atoms with Crippen LogP contribution in [0.3, 0.4) is 0 Å². The van der Waals surface area contributed by atoms with Crippen LogP contribution in [0, 0.1) is 17.2 Å². The molecule has 1 unspecified atom stereocenters. The van der Waals surface area contributed by atoms with Crippen molar-refractivity contribution < 1.29 is 4.79 Å². The first-order valence-electron chi connectivity index (χ1n) is 5.10. The lowest BCUT2D eigenvalue weighted by molar-refractivity contribution is -0.115. The molecule has 0 saturated heterocycles. The molecule has 0 bridgehead atoms. The number of carbonyl (C=O) groups excluding carboxylic acids is 1. The van der Waals surface area contributed by atoms with E-state index in [1.165, 1.54) is 0 Å². The van der Waals surface area contributed by atoms with E-state index in [2.05, 4.69) is 6.07 Å². The fraction of sp³-hybridized carbons (Fsp3) is 0.231. The van der Waals surface area contributed by atoms with Crippen molar-refractivity contribution in [1.82, 2.24) is 0 Å². The van der Waals surface area contributed by atoms with E-state index >= 15 is 0 Å². The van der Waals surface area contributed by atoms with Gasteiger partial charge < -0.3 is 0 Å². The van der Waals surface area contributed by atoms with Crippen LogP contribution >= 0.6 is 11.6 Å². The van der Waals surface area contributed by atoms with E-state index in [-0.39, 0.29) is 11.7 Å². The molecule has 1 aliphatic carbocycles. The van der Waals surface area contributed by atoms with Gasteiger partial charge in [0, 0.05) is 11.4 Å². The molecule has 1 aliphatic rings. The van der Waals surface area contributed by atoms with Gasteiger partial charge >= 0.3 is 0 Å². The summed E-state index contributed by atoms with van der Waals surface area (Å²) in [7, 11) is 0. The first-order valence-corrected chi connectivity index (χ1v) is 5.48. The molecular weight excluding hydrogens is 222 g/mol. The van der Waals surface area contributed by atoms with Gasteiger partial charge in [0.25, 0.3) is 0 Å². The number of rotatable bonds is 1. The van der Waals surface area contributed by atoms with Gasteiger partial charge in [0.1, 0.15) is 0 Å². The van der Waals surface area contributed by atoms with Crippen LogP contribution in [0.1, 0.15) is 18.4 Å². The number of allylic oxidation sites excluding steroid dienone is 2. The number of nitrogens with zero attached hydrogens (tertiary/aromatic N) is 1. The normalized spacial score (nSPS) is 20.1. The average molecular weight is 232 g/mol. The molecule has 80 valence electrons. The molecule has 1 aromatic carbocycles. The van der Waals surface area contributed by atoms with Gasteiger partial charge in [0.15, 0.2) is 5.78 Å². The van der Waals surface area contributed by atoms with Crippen LogP contribution < -0.4 is 0 Å². The maximum atomic E-state index is 11.4. The van der Waals surface area contributed by atoms with Crippen LogP contribution in [0.15, 0.2) is 30.3 Å². The van der Waals surface area contributed by atoms with Crippen molar-refractivity contribution in [3.63, 3.8) is 0 Å². The Morgan fingerprint density at radius 3 is 2.62 bits per heavy atom. The molecule has 0 fully saturated rings. The first kappa shape index (κ1) is 10.9. The van der Waals surface area contributed by atoms with Gasteiger partial charge in [-0.1, -0.05) is 23.7 Å². The largest absolute Gasteiger partial charge is 0.295 e. The third kappa shape index (κ3) is 2.15. The minimum absolute atomic E-state index is 0.0939. The van der Waals surface area contributed by atoms with E-state index in [1.54, 1.807) is 18.2 Å². The van der Waals surface area contributed by atoms with Crippen LogP contribution in [-0.4, -0.2) is 5.78 Å². The molecule has 0 spiro atoms. The maximum Gasteiger partial charge on any atom is 0.156 e. The molecule has 1 atom stereocenters. The summed E-state index contributed by atoms with van der Waals surface area (Å²) >= 11 is 5.80. The predicted molar refractivity (Wildman–Crippen MR) is 62.8 cm³/mol. The number of nitriles is 1. The van der Waals surface area contributed by atoms with Crippen LogP contribution in [0.25, 0.3) is 5.57 Å². The van der Waals surface area contributed by atoms with Crippen molar-refractivity contribution in [2.45, 2.75) is 12.8 Å². The molecule has 0 radical (unpaired) electrons.